The van der Waals surface area contributed by atoms with Crippen LogP contribution in [0.3, 0.4) is 0 Å². The summed E-state index contributed by atoms with van der Waals surface area (Å²) in [5, 5.41) is 7.19. The lowest BCUT2D eigenvalue weighted by atomic mass is 9.74. The van der Waals surface area contributed by atoms with Crippen molar-refractivity contribution in [1.82, 2.24) is 10.6 Å². The maximum Gasteiger partial charge on any atom is 0.191 e. The molecule has 150 valence electrons. The van der Waals surface area contributed by atoms with Gasteiger partial charge in [-0.25, -0.2) is 0 Å². The Morgan fingerprint density at radius 1 is 1.22 bits per heavy atom. The zero-order valence-corrected chi connectivity index (χ0v) is 19.7. The summed E-state index contributed by atoms with van der Waals surface area (Å²) in [5.74, 6) is 0.883. The van der Waals surface area contributed by atoms with Crippen LogP contribution in [-0.2, 0) is 14.9 Å². The Labute approximate surface area is 187 Å². The lowest BCUT2D eigenvalue weighted by molar-refractivity contribution is 0.0513. The molecule has 3 unspecified atom stereocenters. The third-order valence-electron chi connectivity index (χ3n) is 6.15. The van der Waals surface area contributed by atoms with Crippen LogP contribution in [0.5, 0.6) is 0 Å². The van der Waals surface area contributed by atoms with Crippen LogP contribution < -0.4 is 10.6 Å². The van der Waals surface area contributed by atoms with E-state index < -0.39 is 0 Å². The second kappa shape index (κ2) is 9.41. The molecule has 4 rings (SSSR count). The number of nitrogens with zero attached hydrogens (tertiary/aromatic N) is 1. The highest BCUT2D eigenvalue weighted by Gasteiger charge is 2.41. The summed E-state index contributed by atoms with van der Waals surface area (Å²) < 4.78 is 12.7. The number of nitrogens with one attached hydrogen (secondary N) is 2. The van der Waals surface area contributed by atoms with Gasteiger partial charge in [0.15, 0.2) is 5.96 Å². The van der Waals surface area contributed by atoms with Crippen molar-refractivity contribution in [1.29, 1.82) is 0 Å². The highest BCUT2D eigenvalue weighted by Crippen LogP contribution is 2.36. The van der Waals surface area contributed by atoms with Crippen LogP contribution in [0.15, 0.2) is 33.7 Å². The molecule has 3 aliphatic rings. The number of rotatable bonds is 4. The van der Waals surface area contributed by atoms with Gasteiger partial charge in [0.05, 0.1) is 18.2 Å². The Morgan fingerprint density at radius 2 is 1.96 bits per heavy atom. The zero-order valence-electron chi connectivity index (χ0n) is 15.7. The van der Waals surface area contributed by atoms with Crippen LogP contribution in [0.1, 0.15) is 37.7 Å². The van der Waals surface area contributed by atoms with Gasteiger partial charge in [-0.2, -0.15) is 0 Å². The van der Waals surface area contributed by atoms with Gasteiger partial charge in [0, 0.05) is 36.7 Å². The minimum atomic E-state index is 0. The molecule has 5 nitrogen and oxygen atoms in total. The molecule has 0 aliphatic carbocycles. The van der Waals surface area contributed by atoms with Gasteiger partial charge in [-0.1, -0.05) is 28.1 Å². The fourth-order valence-corrected chi connectivity index (χ4v) is 4.81. The molecule has 0 aromatic heterocycles. The van der Waals surface area contributed by atoms with Gasteiger partial charge >= 0.3 is 0 Å². The predicted octanol–water partition coefficient (Wildman–Crippen LogP) is 3.60. The number of benzene rings is 1. The predicted molar refractivity (Wildman–Crippen MR) is 122 cm³/mol. The van der Waals surface area contributed by atoms with Crippen LogP contribution >= 0.6 is 39.9 Å². The fourth-order valence-electron chi connectivity index (χ4n) is 4.55. The molecule has 0 spiro atoms. The first-order valence-electron chi connectivity index (χ1n) is 9.65. The minimum absolute atomic E-state index is 0. The van der Waals surface area contributed by atoms with Crippen LogP contribution in [0.2, 0.25) is 0 Å². The lowest BCUT2D eigenvalue weighted by Gasteiger charge is -2.38. The normalized spacial score (nSPS) is 29.3. The summed E-state index contributed by atoms with van der Waals surface area (Å²) in [6.07, 6.45) is 6.31. The highest BCUT2D eigenvalue weighted by molar-refractivity contribution is 14.0. The number of guanidine groups is 1. The average Bonchev–Trinajstić information content (AvgIpc) is 3.29. The summed E-state index contributed by atoms with van der Waals surface area (Å²) in [6.45, 7) is 2.48. The summed E-state index contributed by atoms with van der Waals surface area (Å²) >= 11 is 3.54. The van der Waals surface area contributed by atoms with Crippen LogP contribution in [0.4, 0.5) is 0 Å². The number of hydrogen-bond acceptors (Lipinski definition) is 3. The SMILES string of the molecule is CN=C(NCC1(c2ccc(Br)cc2)CCOCC1)NC1CC2CCC1O2.I. The molecular weight excluding hydrogens is 521 g/mol. The first-order chi connectivity index (χ1) is 12.7. The number of hydrogen-bond donors (Lipinski definition) is 2. The van der Waals surface area contributed by atoms with Crippen molar-refractivity contribution in [3.63, 3.8) is 0 Å². The Bertz CT molecular complexity index is 649. The molecule has 3 heterocycles. The van der Waals surface area contributed by atoms with Crippen molar-refractivity contribution in [2.45, 2.75) is 55.8 Å². The van der Waals surface area contributed by atoms with Gasteiger partial charge in [-0.05, 0) is 49.8 Å². The zero-order chi connectivity index (χ0) is 18.0. The van der Waals surface area contributed by atoms with Gasteiger partial charge in [0.25, 0.3) is 0 Å². The molecule has 0 radical (unpaired) electrons. The largest absolute Gasteiger partial charge is 0.381 e. The molecule has 3 saturated heterocycles. The Kier molecular flexibility index (Phi) is 7.44. The van der Waals surface area contributed by atoms with Gasteiger partial charge in [-0.3, -0.25) is 4.99 Å². The fraction of sp³-hybridized carbons (Fsp3) is 0.650. The van der Waals surface area contributed by atoms with Crippen molar-refractivity contribution in [3.05, 3.63) is 34.3 Å². The molecule has 0 saturated carbocycles. The first-order valence-corrected chi connectivity index (χ1v) is 10.4. The number of aliphatic imine (C=N–C) groups is 1. The van der Waals surface area contributed by atoms with E-state index in [1.54, 1.807) is 0 Å². The maximum absolute atomic E-state index is 5.96. The van der Waals surface area contributed by atoms with Gasteiger partial charge in [0.1, 0.15) is 0 Å². The molecule has 27 heavy (non-hydrogen) atoms. The molecule has 3 fully saturated rings. The van der Waals surface area contributed by atoms with E-state index in [1.807, 2.05) is 7.05 Å². The van der Waals surface area contributed by atoms with E-state index in [9.17, 15) is 0 Å². The van der Waals surface area contributed by atoms with Crippen molar-refractivity contribution < 1.29 is 9.47 Å². The topological polar surface area (TPSA) is 54.9 Å². The van der Waals surface area contributed by atoms with Crippen molar-refractivity contribution in [3.8, 4) is 0 Å². The van der Waals surface area contributed by atoms with E-state index >= 15 is 0 Å². The molecule has 3 atom stereocenters. The summed E-state index contributed by atoms with van der Waals surface area (Å²) in [7, 11) is 1.85. The first kappa shape index (κ1) is 21.3. The van der Waals surface area contributed by atoms with Crippen molar-refractivity contribution in [2.24, 2.45) is 4.99 Å². The average molecular weight is 550 g/mol. The molecule has 2 bridgehead atoms. The smallest absolute Gasteiger partial charge is 0.191 e. The van der Waals surface area contributed by atoms with E-state index in [-0.39, 0.29) is 29.4 Å². The molecule has 7 heteroatoms. The third kappa shape index (κ3) is 4.79. The highest BCUT2D eigenvalue weighted by atomic mass is 127. The molecule has 3 aliphatic heterocycles. The van der Waals surface area contributed by atoms with Crippen molar-refractivity contribution in [2.75, 3.05) is 26.8 Å². The standard InChI is InChI=1S/C20H28BrN3O2.HI/c1-22-19(24-17-12-16-6-7-18(17)26-16)23-13-20(8-10-25-11-9-20)14-2-4-15(21)5-3-14;/h2-5,16-18H,6-13H2,1H3,(H2,22,23,24);1H. The summed E-state index contributed by atoms with van der Waals surface area (Å²) in [4.78, 5) is 4.46. The number of halogens is 2. The quantitative estimate of drug-likeness (QED) is 0.342. The van der Waals surface area contributed by atoms with E-state index in [0.29, 0.717) is 18.2 Å². The second-order valence-corrected chi connectivity index (χ2v) is 8.60. The van der Waals surface area contributed by atoms with Gasteiger partial charge in [-0.15, -0.1) is 24.0 Å². The van der Waals surface area contributed by atoms with Gasteiger partial charge < -0.3 is 20.1 Å². The van der Waals surface area contributed by atoms with Crippen molar-refractivity contribution >= 4 is 45.9 Å². The Hall–Kier alpha value is -0.380. The second-order valence-electron chi connectivity index (χ2n) is 7.69. The number of fused-ring (bicyclic) bond motifs is 2. The molecule has 1 aromatic rings. The maximum atomic E-state index is 5.96. The molecule has 2 N–H and O–H groups in total. The van der Waals surface area contributed by atoms with Crippen LogP contribution in [-0.4, -0.2) is 51.0 Å². The molecular formula is C20H29BrIN3O2. The third-order valence-corrected chi connectivity index (χ3v) is 6.68. The van der Waals surface area contributed by atoms with Crippen LogP contribution in [0.25, 0.3) is 0 Å². The molecule has 1 aromatic carbocycles. The minimum Gasteiger partial charge on any atom is -0.381 e. The van der Waals surface area contributed by atoms with Gasteiger partial charge in [0.2, 0.25) is 0 Å². The van der Waals surface area contributed by atoms with Crippen LogP contribution in [0, 0.1) is 0 Å². The van der Waals surface area contributed by atoms with E-state index in [0.717, 1.165) is 49.5 Å². The monoisotopic (exact) mass is 549 g/mol. The Morgan fingerprint density at radius 3 is 2.56 bits per heavy atom. The van der Waals surface area contributed by atoms with E-state index in [2.05, 4.69) is 55.8 Å². The van der Waals surface area contributed by atoms with E-state index in [4.69, 9.17) is 9.47 Å². The van der Waals surface area contributed by atoms with E-state index in [1.165, 1.54) is 18.4 Å². The molecule has 0 amide bonds. The number of ether oxygens (including phenoxy) is 2. The Balaban J connectivity index is 0.00000210. The summed E-state index contributed by atoms with van der Waals surface area (Å²) in [5.41, 5.74) is 1.46. The lowest BCUT2D eigenvalue weighted by Crippen LogP contribution is -2.51. The summed E-state index contributed by atoms with van der Waals surface area (Å²) in [6, 6.07) is 9.12.